The van der Waals surface area contributed by atoms with E-state index in [4.69, 9.17) is 5.73 Å². The molecule has 0 spiro atoms. The number of hydrogen-bond donors (Lipinski definition) is 1. The summed E-state index contributed by atoms with van der Waals surface area (Å²) in [6, 6.07) is 1.46. The molecule has 0 aliphatic carbocycles. The lowest BCUT2D eigenvalue weighted by molar-refractivity contribution is -0.143. The Labute approximate surface area is 93.2 Å². The van der Waals surface area contributed by atoms with E-state index in [1.807, 2.05) is 0 Å². The summed E-state index contributed by atoms with van der Waals surface area (Å²) in [7, 11) is 0. The summed E-state index contributed by atoms with van der Waals surface area (Å²) in [5.41, 5.74) is 2.42. The van der Waals surface area contributed by atoms with Crippen LogP contribution in [0.25, 0.3) is 0 Å². The minimum Gasteiger partial charge on any atom is -0.330 e. The maximum Gasteiger partial charge on any atom is 0.416 e. The molecule has 17 heavy (non-hydrogen) atoms. The fourth-order valence-electron chi connectivity index (χ4n) is 1.33. The van der Waals surface area contributed by atoms with Crippen LogP contribution in [0.1, 0.15) is 16.7 Å². The number of rotatable bonds is 2. The quantitative estimate of drug-likeness (QED) is 0.809. The average Bonchev–Trinajstić information content (AvgIpc) is 2.15. The first-order chi connectivity index (χ1) is 7.64. The molecule has 1 aromatic carbocycles. The molecule has 0 unspecified atom stereocenters. The van der Waals surface area contributed by atoms with Gasteiger partial charge in [-0.3, -0.25) is 0 Å². The Morgan fingerprint density at radius 3 is 1.53 bits per heavy atom. The molecule has 0 heterocycles. The van der Waals surface area contributed by atoms with Crippen molar-refractivity contribution in [2.75, 3.05) is 6.54 Å². The highest BCUT2D eigenvalue weighted by Crippen LogP contribution is 2.36. The number of hydrogen-bond acceptors (Lipinski definition) is 1. The third-order valence-electron chi connectivity index (χ3n) is 2.08. The van der Waals surface area contributed by atoms with Gasteiger partial charge in [0.25, 0.3) is 0 Å². The van der Waals surface area contributed by atoms with E-state index in [-0.39, 0.29) is 24.6 Å². The van der Waals surface area contributed by atoms with Gasteiger partial charge in [0.2, 0.25) is 0 Å². The molecule has 0 radical (unpaired) electrons. The summed E-state index contributed by atoms with van der Waals surface area (Å²) >= 11 is 0. The van der Waals surface area contributed by atoms with Crippen LogP contribution >= 0.6 is 0 Å². The van der Waals surface area contributed by atoms with Gasteiger partial charge in [-0.05, 0) is 36.7 Å². The van der Waals surface area contributed by atoms with Crippen molar-refractivity contribution in [1.82, 2.24) is 0 Å². The zero-order chi connectivity index (χ0) is 13.3. The number of alkyl halides is 6. The number of nitrogens with two attached hydrogens (primary N) is 1. The molecule has 7 heteroatoms. The van der Waals surface area contributed by atoms with Gasteiger partial charge in [0, 0.05) is 0 Å². The van der Waals surface area contributed by atoms with Crippen LogP contribution in [0.3, 0.4) is 0 Å². The molecular weight excluding hydrogens is 248 g/mol. The van der Waals surface area contributed by atoms with Crippen LogP contribution in [0, 0.1) is 0 Å². The van der Waals surface area contributed by atoms with Crippen molar-refractivity contribution in [2.45, 2.75) is 18.8 Å². The fourth-order valence-corrected chi connectivity index (χ4v) is 1.33. The predicted molar refractivity (Wildman–Crippen MR) is 49.2 cm³/mol. The largest absolute Gasteiger partial charge is 0.416 e. The molecular formula is C10H9F6N. The van der Waals surface area contributed by atoms with E-state index in [0.717, 1.165) is 0 Å². The summed E-state index contributed by atoms with van der Waals surface area (Å²) in [6.45, 7) is -0.0153. The van der Waals surface area contributed by atoms with Crippen molar-refractivity contribution in [3.8, 4) is 0 Å². The Morgan fingerprint density at radius 1 is 0.824 bits per heavy atom. The van der Waals surface area contributed by atoms with E-state index in [1.165, 1.54) is 0 Å². The highest BCUT2D eigenvalue weighted by atomic mass is 19.4. The SMILES string of the molecule is NCCc1cc(C(F)(F)F)cc(C(F)(F)F)c1. The Kier molecular flexibility index (Phi) is 3.71. The standard InChI is InChI=1S/C10H9F6N/c11-9(12,13)7-3-6(1-2-17)4-8(5-7)10(14,15)16/h3-5H,1-2,17H2. The molecule has 0 atom stereocenters. The molecule has 1 nitrogen and oxygen atoms in total. The second kappa shape index (κ2) is 4.56. The van der Waals surface area contributed by atoms with Crippen molar-refractivity contribution < 1.29 is 26.3 Å². The van der Waals surface area contributed by atoms with E-state index < -0.39 is 23.5 Å². The number of halogens is 6. The molecule has 1 aromatic rings. The van der Waals surface area contributed by atoms with Gasteiger partial charge in [0.1, 0.15) is 0 Å². The molecule has 0 aliphatic rings. The third-order valence-corrected chi connectivity index (χ3v) is 2.08. The average molecular weight is 257 g/mol. The van der Waals surface area contributed by atoms with Crippen molar-refractivity contribution in [3.05, 3.63) is 34.9 Å². The molecule has 1 rings (SSSR count). The maximum atomic E-state index is 12.4. The van der Waals surface area contributed by atoms with Crippen LogP contribution in [0.15, 0.2) is 18.2 Å². The summed E-state index contributed by atoms with van der Waals surface area (Å²) in [5.74, 6) is 0. The van der Waals surface area contributed by atoms with Crippen molar-refractivity contribution >= 4 is 0 Å². The minimum absolute atomic E-state index is 0.0153. The lowest BCUT2D eigenvalue weighted by Gasteiger charge is -2.13. The zero-order valence-corrected chi connectivity index (χ0v) is 8.49. The molecule has 96 valence electrons. The van der Waals surface area contributed by atoms with Crippen LogP contribution in [0.2, 0.25) is 0 Å². The lowest BCUT2D eigenvalue weighted by Crippen LogP contribution is -2.13. The molecule has 2 N–H and O–H groups in total. The van der Waals surface area contributed by atoms with Crippen molar-refractivity contribution in [2.24, 2.45) is 5.73 Å². The first-order valence-corrected chi connectivity index (χ1v) is 4.63. The topological polar surface area (TPSA) is 26.0 Å². The van der Waals surface area contributed by atoms with E-state index in [2.05, 4.69) is 0 Å². The highest BCUT2D eigenvalue weighted by Gasteiger charge is 2.36. The fraction of sp³-hybridized carbons (Fsp3) is 0.400. The van der Waals surface area contributed by atoms with E-state index in [1.54, 1.807) is 0 Å². The Morgan fingerprint density at radius 2 is 1.24 bits per heavy atom. The zero-order valence-electron chi connectivity index (χ0n) is 8.49. The molecule has 0 aromatic heterocycles. The normalized spacial score (nSPS) is 12.9. The highest BCUT2D eigenvalue weighted by molar-refractivity contribution is 5.33. The molecule has 0 aliphatic heterocycles. The summed E-state index contributed by atoms with van der Waals surface area (Å²) in [5, 5.41) is 0. The monoisotopic (exact) mass is 257 g/mol. The Hall–Kier alpha value is -1.24. The van der Waals surface area contributed by atoms with Gasteiger partial charge in [-0.25, -0.2) is 0 Å². The van der Waals surface area contributed by atoms with Gasteiger partial charge in [0.05, 0.1) is 11.1 Å². The summed E-state index contributed by atoms with van der Waals surface area (Å²) in [6.07, 6.45) is -9.64. The Balaban J connectivity index is 3.29. The van der Waals surface area contributed by atoms with Crippen molar-refractivity contribution in [3.63, 3.8) is 0 Å². The van der Waals surface area contributed by atoms with Crippen LogP contribution < -0.4 is 5.73 Å². The molecule has 0 saturated heterocycles. The second-order valence-electron chi connectivity index (χ2n) is 3.45. The third kappa shape index (κ3) is 3.62. The van der Waals surface area contributed by atoms with Crippen LogP contribution in [-0.2, 0) is 18.8 Å². The van der Waals surface area contributed by atoms with Gasteiger partial charge >= 0.3 is 12.4 Å². The van der Waals surface area contributed by atoms with Gasteiger partial charge in [0.15, 0.2) is 0 Å². The molecule has 0 saturated carbocycles. The van der Waals surface area contributed by atoms with Gasteiger partial charge in [-0.1, -0.05) is 0 Å². The van der Waals surface area contributed by atoms with Crippen molar-refractivity contribution in [1.29, 1.82) is 0 Å². The van der Waals surface area contributed by atoms with Crippen LogP contribution in [-0.4, -0.2) is 6.54 Å². The molecule has 0 amide bonds. The smallest absolute Gasteiger partial charge is 0.330 e. The lowest BCUT2D eigenvalue weighted by atomic mass is 10.0. The predicted octanol–water partition coefficient (Wildman–Crippen LogP) is 3.23. The minimum atomic E-state index is -4.80. The van der Waals surface area contributed by atoms with Gasteiger partial charge in [-0.2, -0.15) is 26.3 Å². The van der Waals surface area contributed by atoms with Crippen LogP contribution in [0.4, 0.5) is 26.3 Å². The Bertz CT molecular complexity index is 361. The van der Waals surface area contributed by atoms with Gasteiger partial charge in [-0.15, -0.1) is 0 Å². The van der Waals surface area contributed by atoms with E-state index in [9.17, 15) is 26.3 Å². The first-order valence-electron chi connectivity index (χ1n) is 4.63. The maximum absolute atomic E-state index is 12.4. The summed E-state index contributed by atoms with van der Waals surface area (Å²) < 4.78 is 74.3. The van der Waals surface area contributed by atoms with Crippen LogP contribution in [0.5, 0.6) is 0 Å². The van der Waals surface area contributed by atoms with E-state index >= 15 is 0 Å². The number of benzene rings is 1. The molecule has 0 fully saturated rings. The molecule has 0 bridgehead atoms. The van der Waals surface area contributed by atoms with E-state index in [0.29, 0.717) is 12.1 Å². The summed E-state index contributed by atoms with van der Waals surface area (Å²) in [4.78, 5) is 0. The van der Waals surface area contributed by atoms with Gasteiger partial charge < -0.3 is 5.73 Å². The second-order valence-corrected chi connectivity index (χ2v) is 3.45. The first kappa shape index (κ1) is 13.8.